The van der Waals surface area contributed by atoms with Gasteiger partial charge in [-0.05, 0) is 6.92 Å². The number of ether oxygens (including phenoxy) is 1. The fraction of sp³-hybridized carbons (Fsp3) is 0.714. The molecule has 2 heteroatoms. The standard InChI is InChI=1S/C7H12O2/c1-3-6-4-9-5(2)7(6)8/h3,5-8H,1,4H2,2H3/t5-,6+,7-/m1/s1. The van der Waals surface area contributed by atoms with Crippen LogP contribution < -0.4 is 0 Å². The average molecular weight is 128 g/mol. The lowest BCUT2D eigenvalue weighted by Gasteiger charge is -2.08. The summed E-state index contributed by atoms with van der Waals surface area (Å²) in [5.74, 6) is 0.139. The Balaban J connectivity index is 2.50. The van der Waals surface area contributed by atoms with E-state index in [0.29, 0.717) is 6.61 Å². The molecule has 1 saturated heterocycles. The van der Waals surface area contributed by atoms with Gasteiger partial charge in [0.15, 0.2) is 0 Å². The molecule has 1 heterocycles. The van der Waals surface area contributed by atoms with E-state index in [0.717, 1.165) is 0 Å². The van der Waals surface area contributed by atoms with E-state index < -0.39 is 0 Å². The monoisotopic (exact) mass is 128 g/mol. The Labute approximate surface area is 55.1 Å². The molecule has 0 unspecified atom stereocenters. The number of aliphatic hydroxyl groups excluding tert-OH is 1. The minimum atomic E-state index is -0.345. The van der Waals surface area contributed by atoms with E-state index in [1.807, 2.05) is 6.92 Å². The van der Waals surface area contributed by atoms with Crippen LogP contribution >= 0.6 is 0 Å². The normalized spacial score (nSPS) is 43.1. The summed E-state index contributed by atoms with van der Waals surface area (Å²) >= 11 is 0. The maximum atomic E-state index is 9.26. The van der Waals surface area contributed by atoms with Gasteiger partial charge in [-0.25, -0.2) is 0 Å². The maximum absolute atomic E-state index is 9.26. The Morgan fingerprint density at radius 3 is 2.67 bits per heavy atom. The van der Waals surface area contributed by atoms with Gasteiger partial charge in [0.25, 0.3) is 0 Å². The Morgan fingerprint density at radius 1 is 1.78 bits per heavy atom. The van der Waals surface area contributed by atoms with Crippen LogP contribution in [0, 0.1) is 5.92 Å². The lowest BCUT2D eigenvalue weighted by atomic mass is 10.0. The lowest BCUT2D eigenvalue weighted by molar-refractivity contribution is 0.0535. The van der Waals surface area contributed by atoms with Crippen molar-refractivity contribution in [2.45, 2.75) is 19.1 Å². The van der Waals surface area contributed by atoms with Gasteiger partial charge in [0.05, 0.1) is 18.8 Å². The van der Waals surface area contributed by atoms with Crippen molar-refractivity contribution in [3.05, 3.63) is 12.7 Å². The van der Waals surface area contributed by atoms with Gasteiger partial charge in [0, 0.05) is 5.92 Å². The largest absolute Gasteiger partial charge is 0.390 e. The van der Waals surface area contributed by atoms with Crippen molar-refractivity contribution in [1.29, 1.82) is 0 Å². The third-order valence-corrected chi connectivity index (χ3v) is 1.77. The number of hydrogen-bond acceptors (Lipinski definition) is 2. The van der Waals surface area contributed by atoms with Gasteiger partial charge < -0.3 is 9.84 Å². The average Bonchev–Trinajstić information content (AvgIpc) is 2.15. The van der Waals surface area contributed by atoms with Gasteiger partial charge in [-0.2, -0.15) is 0 Å². The first-order valence-corrected chi connectivity index (χ1v) is 3.18. The van der Waals surface area contributed by atoms with Crippen LogP contribution in [0.2, 0.25) is 0 Å². The van der Waals surface area contributed by atoms with Gasteiger partial charge >= 0.3 is 0 Å². The van der Waals surface area contributed by atoms with Gasteiger partial charge in [-0.1, -0.05) is 6.08 Å². The van der Waals surface area contributed by atoms with Gasteiger partial charge in [-0.3, -0.25) is 0 Å². The van der Waals surface area contributed by atoms with E-state index in [-0.39, 0.29) is 18.1 Å². The van der Waals surface area contributed by atoms with Crippen LogP contribution in [0.15, 0.2) is 12.7 Å². The quantitative estimate of drug-likeness (QED) is 0.523. The topological polar surface area (TPSA) is 29.5 Å². The first-order chi connectivity index (χ1) is 4.25. The van der Waals surface area contributed by atoms with Crippen molar-refractivity contribution < 1.29 is 9.84 Å². The van der Waals surface area contributed by atoms with Crippen LogP contribution in [-0.2, 0) is 4.74 Å². The molecular weight excluding hydrogens is 116 g/mol. The first-order valence-electron chi connectivity index (χ1n) is 3.18. The highest BCUT2D eigenvalue weighted by atomic mass is 16.5. The zero-order valence-electron chi connectivity index (χ0n) is 5.58. The minimum absolute atomic E-state index is 0.0204. The summed E-state index contributed by atoms with van der Waals surface area (Å²) in [5.41, 5.74) is 0. The third kappa shape index (κ3) is 1.14. The van der Waals surface area contributed by atoms with E-state index in [1.165, 1.54) is 0 Å². The van der Waals surface area contributed by atoms with E-state index in [9.17, 15) is 5.11 Å². The molecule has 3 atom stereocenters. The van der Waals surface area contributed by atoms with Crippen molar-refractivity contribution in [2.75, 3.05) is 6.61 Å². The fourth-order valence-electron chi connectivity index (χ4n) is 1.02. The molecule has 0 amide bonds. The molecule has 0 bridgehead atoms. The summed E-state index contributed by atoms with van der Waals surface area (Å²) in [6, 6.07) is 0. The van der Waals surface area contributed by atoms with E-state index in [4.69, 9.17) is 4.74 Å². The molecule has 0 aliphatic carbocycles. The first kappa shape index (κ1) is 6.78. The zero-order valence-corrected chi connectivity index (χ0v) is 5.58. The molecular formula is C7H12O2. The molecule has 1 aliphatic heterocycles. The summed E-state index contributed by atoms with van der Waals surface area (Å²) in [4.78, 5) is 0. The van der Waals surface area contributed by atoms with Crippen LogP contribution in [0.5, 0.6) is 0 Å². The Bertz CT molecular complexity index is 111. The van der Waals surface area contributed by atoms with Crippen molar-refractivity contribution in [2.24, 2.45) is 5.92 Å². The highest BCUT2D eigenvalue weighted by Crippen LogP contribution is 2.19. The Hall–Kier alpha value is -0.340. The van der Waals surface area contributed by atoms with Crippen molar-refractivity contribution in [3.63, 3.8) is 0 Å². The summed E-state index contributed by atoms with van der Waals surface area (Å²) < 4.78 is 5.15. The summed E-state index contributed by atoms with van der Waals surface area (Å²) in [6.07, 6.45) is 1.38. The van der Waals surface area contributed by atoms with Crippen LogP contribution in [-0.4, -0.2) is 23.9 Å². The molecule has 0 radical (unpaired) electrons. The second-order valence-electron chi connectivity index (χ2n) is 2.43. The Kier molecular flexibility index (Phi) is 1.88. The second-order valence-corrected chi connectivity index (χ2v) is 2.43. The maximum Gasteiger partial charge on any atom is 0.0883 e. The number of hydrogen-bond donors (Lipinski definition) is 1. The molecule has 1 N–H and O–H groups in total. The summed E-state index contributed by atoms with van der Waals surface area (Å²) in [5, 5.41) is 9.26. The molecule has 1 aliphatic rings. The third-order valence-electron chi connectivity index (χ3n) is 1.77. The highest BCUT2D eigenvalue weighted by molar-refractivity contribution is 4.91. The summed E-state index contributed by atoms with van der Waals surface area (Å²) in [6.45, 7) is 6.07. The van der Waals surface area contributed by atoms with Crippen molar-refractivity contribution in [3.8, 4) is 0 Å². The van der Waals surface area contributed by atoms with Crippen LogP contribution in [0.3, 0.4) is 0 Å². The van der Waals surface area contributed by atoms with Gasteiger partial charge in [-0.15, -0.1) is 6.58 Å². The molecule has 0 aromatic rings. The molecule has 9 heavy (non-hydrogen) atoms. The minimum Gasteiger partial charge on any atom is -0.390 e. The number of aliphatic hydroxyl groups is 1. The SMILES string of the molecule is C=C[C@H]1CO[C@H](C)[C@H]1O. The lowest BCUT2D eigenvalue weighted by Crippen LogP contribution is -2.22. The predicted octanol–water partition coefficient (Wildman–Crippen LogP) is 0.568. The number of rotatable bonds is 1. The van der Waals surface area contributed by atoms with Crippen LogP contribution in [0.1, 0.15) is 6.92 Å². The summed E-state index contributed by atoms with van der Waals surface area (Å²) in [7, 11) is 0. The van der Waals surface area contributed by atoms with E-state index in [2.05, 4.69) is 6.58 Å². The van der Waals surface area contributed by atoms with Crippen molar-refractivity contribution >= 4 is 0 Å². The molecule has 52 valence electrons. The molecule has 0 aromatic heterocycles. The van der Waals surface area contributed by atoms with Gasteiger partial charge in [0.2, 0.25) is 0 Å². The second kappa shape index (κ2) is 2.50. The zero-order chi connectivity index (χ0) is 6.85. The predicted molar refractivity (Wildman–Crippen MR) is 35.1 cm³/mol. The van der Waals surface area contributed by atoms with Crippen molar-refractivity contribution in [1.82, 2.24) is 0 Å². The molecule has 0 saturated carbocycles. The molecule has 0 spiro atoms. The Morgan fingerprint density at radius 2 is 2.44 bits per heavy atom. The van der Waals surface area contributed by atoms with E-state index in [1.54, 1.807) is 6.08 Å². The van der Waals surface area contributed by atoms with Crippen LogP contribution in [0.4, 0.5) is 0 Å². The smallest absolute Gasteiger partial charge is 0.0883 e. The molecule has 1 rings (SSSR count). The fourth-order valence-corrected chi connectivity index (χ4v) is 1.02. The molecule has 2 nitrogen and oxygen atoms in total. The molecule has 0 aromatic carbocycles. The highest BCUT2D eigenvalue weighted by Gasteiger charge is 2.29. The van der Waals surface area contributed by atoms with Gasteiger partial charge in [0.1, 0.15) is 0 Å². The van der Waals surface area contributed by atoms with E-state index >= 15 is 0 Å². The van der Waals surface area contributed by atoms with Crippen LogP contribution in [0.25, 0.3) is 0 Å². The molecule has 1 fully saturated rings.